The third-order valence-electron chi connectivity index (χ3n) is 6.81. The SMILES string of the molecule is COC(=O)c1ccc2c(c1)[C@H]1[C@@H]3CC[C@@H](C3)[C@H]1C(c1ccc(Cl)c(Cl)c1)N2. The third-order valence-corrected chi connectivity index (χ3v) is 7.55. The Morgan fingerprint density at radius 1 is 1.07 bits per heavy atom. The first-order valence-electron chi connectivity index (χ1n) is 9.50. The van der Waals surface area contributed by atoms with E-state index in [2.05, 4.69) is 11.4 Å². The predicted octanol–water partition coefficient (Wildman–Crippen LogP) is 6.08. The number of rotatable bonds is 2. The van der Waals surface area contributed by atoms with E-state index in [1.807, 2.05) is 30.3 Å². The Labute approximate surface area is 169 Å². The molecule has 3 nitrogen and oxygen atoms in total. The summed E-state index contributed by atoms with van der Waals surface area (Å²) < 4.78 is 4.93. The average molecular weight is 402 g/mol. The van der Waals surface area contributed by atoms with Crippen molar-refractivity contribution in [2.45, 2.75) is 31.2 Å². The molecule has 3 aliphatic rings. The highest BCUT2D eigenvalue weighted by Crippen LogP contribution is 2.63. The maximum Gasteiger partial charge on any atom is 0.337 e. The number of hydrogen-bond acceptors (Lipinski definition) is 3. The van der Waals surface area contributed by atoms with Crippen molar-refractivity contribution in [3.8, 4) is 0 Å². The molecule has 2 aliphatic carbocycles. The van der Waals surface area contributed by atoms with E-state index >= 15 is 0 Å². The maximum atomic E-state index is 12.0. The van der Waals surface area contributed by atoms with Crippen molar-refractivity contribution in [1.82, 2.24) is 0 Å². The van der Waals surface area contributed by atoms with Crippen LogP contribution in [0.15, 0.2) is 36.4 Å². The summed E-state index contributed by atoms with van der Waals surface area (Å²) in [4.78, 5) is 12.0. The molecule has 27 heavy (non-hydrogen) atoms. The van der Waals surface area contributed by atoms with Gasteiger partial charge in [-0.3, -0.25) is 0 Å². The molecule has 140 valence electrons. The highest BCUT2D eigenvalue weighted by molar-refractivity contribution is 6.42. The summed E-state index contributed by atoms with van der Waals surface area (Å²) in [6, 6.07) is 12.1. The number of halogens is 2. The molecule has 1 aliphatic heterocycles. The zero-order valence-electron chi connectivity index (χ0n) is 15.0. The number of hydrogen-bond donors (Lipinski definition) is 1. The van der Waals surface area contributed by atoms with Crippen LogP contribution in [0.2, 0.25) is 10.0 Å². The lowest BCUT2D eigenvalue weighted by Gasteiger charge is -2.43. The van der Waals surface area contributed by atoms with E-state index in [9.17, 15) is 4.79 Å². The molecule has 0 aromatic heterocycles. The van der Waals surface area contributed by atoms with Gasteiger partial charge in [0.05, 0.1) is 28.8 Å². The molecule has 0 radical (unpaired) electrons. The van der Waals surface area contributed by atoms with E-state index in [1.165, 1.54) is 37.5 Å². The topological polar surface area (TPSA) is 38.3 Å². The van der Waals surface area contributed by atoms with Crippen LogP contribution in [0, 0.1) is 17.8 Å². The molecule has 0 saturated heterocycles. The third kappa shape index (κ3) is 2.67. The normalized spacial score (nSPS) is 30.4. The Hall–Kier alpha value is -1.71. The lowest BCUT2D eigenvalue weighted by Crippen LogP contribution is -2.35. The van der Waals surface area contributed by atoms with E-state index in [0.29, 0.717) is 39.3 Å². The van der Waals surface area contributed by atoms with Crippen LogP contribution in [-0.2, 0) is 4.74 Å². The van der Waals surface area contributed by atoms with E-state index in [4.69, 9.17) is 27.9 Å². The van der Waals surface area contributed by atoms with Crippen LogP contribution in [0.4, 0.5) is 5.69 Å². The van der Waals surface area contributed by atoms with Gasteiger partial charge < -0.3 is 10.1 Å². The van der Waals surface area contributed by atoms with Gasteiger partial charge >= 0.3 is 5.97 Å². The molecule has 5 rings (SSSR count). The quantitative estimate of drug-likeness (QED) is 0.619. The fourth-order valence-corrected chi connectivity index (χ4v) is 6.07. The van der Waals surface area contributed by atoms with Gasteiger partial charge in [0.1, 0.15) is 0 Å². The van der Waals surface area contributed by atoms with Crippen molar-refractivity contribution < 1.29 is 9.53 Å². The first kappa shape index (κ1) is 17.4. The summed E-state index contributed by atoms with van der Waals surface area (Å²) in [7, 11) is 1.43. The zero-order chi connectivity index (χ0) is 18.7. The van der Waals surface area contributed by atoms with Crippen molar-refractivity contribution in [3.63, 3.8) is 0 Å². The summed E-state index contributed by atoms with van der Waals surface area (Å²) in [5.41, 5.74) is 4.21. The first-order valence-corrected chi connectivity index (χ1v) is 10.3. The van der Waals surface area contributed by atoms with Gasteiger partial charge in [-0.1, -0.05) is 29.3 Å². The van der Waals surface area contributed by atoms with Gasteiger partial charge in [-0.2, -0.15) is 0 Å². The van der Waals surface area contributed by atoms with Crippen molar-refractivity contribution in [1.29, 1.82) is 0 Å². The van der Waals surface area contributed by atoms with Crippen molar-refractivity contribution in [3.05, 3.63) is 63.1 Å². The van der Waals surface area contributed by atoms with Gasteiger partial charge in [0.15, 0.2) is 0 Å². The summed E-state index contributed by atoms with van der Waals surface area (Å²) in [5.74, 6) is 2.12. The standard InChI is InChI=1S/C22H21Cl2NO2/c1-27-22(26)14-5-7-18-15(9-14)19-11-2-3-12(8-11)20(19)21(25-18)13-4-6-16(23)17(24)10-13/h4-7,9-12,19-21,25H,2-3,8H2,1H3/t11-,12+,19-,20-,21?/m1/s1. The summed E-state index contributed by atoms with van der Waals surface area (Å²) in [6.07, 6.45) is 3.84. The van der Waals surface area contributed by atoms with E-state index in [-0.39, 0.29) is 12.0 Å². The second kappa shape index (κ2) is 6.42. The number of carbonyl (C=O) groups is 1. The monoisotopic (exact) mass is 401 g/mol. The second-order valence-electron chi connectivity index (χ2n) is 8.03. The Morgan fingerprint density at radius 2 is 1.89 bits per heavy atom. The zero-order valence-corrected chi connectivity index (χ0v) is 16.6. The Balaban J connectivity index is 1.61. The van der Waals surface area contributed by atoms with Crippen molar-refractivity contribution >= 4 is 34.9 Å². The molecule has 0 amide bonds. The van der Waals surface area contributed by atoms with Gasteiger partial charge in [-0.25, -0.2) is 4.79 Å². The predicted molar refractivity (Wildman–Crippen MR) is 108 cm³/mol. The number of methoxy groups -OCH3 is 1. The lowest BCUT2D eigenvalue weighted by molar-refractivity contribution is 0.0600. The van der Waals surface area contributed by atoms with Gasteiger partial charge in [-0.15, -0.1) is 0 Å². The maximum absolute atomic E-state index is 12.0. The molecule has 2 aromatic carbocycles. The van der Waals surface area contributed by atoms with Crippen LogP contribution in [0.3, 0.4) is 0 Å². The minimum Gasteiger partial charge on any atom is -0.465 e. The fourth-order valence-electron chi connectivity index (χ4n) is 5.77. The molecule has 2 bridgehead atoms. The number of carbonyl (C=O) groups excluding carboxylic acids is 1. The van der Waals surface area contributed by atoms with Gasteiger partial charge in [-0.05, 0) is 84.4 Å². The molecule has 5 atom stereocenters. The summed E-state index contributed by atoms with van der Waals surface area (Å²) in [5, 5.41) is 4.93. The molecule has 0 spiro atoms. The van der Waals surface area contributed by atoms with Gasteiger partial charge in [0, 0.05) is 5.69 Å². The Morgan fingerprint density at radius 3 is 2.67 bits per heavy atom. The molecule has 1 unspecified atom stereocenters. The molecule has 1 N–H and O–H groups in total. The van der Waals surface area contributed by atoms with Crippen LogP contribution in [0.1, 0.15) is 52.7 Å². The minimum absolute atomic E-state index is 0.219. The molecular formula is C22H21Cl2NO2. The van der Waals surface area contributed by atoms with E-state index in [0.717, 1.165) is 5.69 Å². The van der Waals surface area contributed by atoms with Crippen LogP contribution >= 0.6 is 23.2 Å². The summed E-state index contributed by atoms with van der Waals surface area (Å²) >= 11 is 12.5. The lowest BCUT2D eigenvalue weighted by atomic mass is 9.68. The molecule has 2 aromatic rings. The minimum atomic E-state index is -0.274. The molecule has 1 heterocycles. The summed E-state index contributed by atoms with van der Waals surface area (Å²) in [6.45, 7) is 0. The largest absolute Gasteiger partial charge is 0.465 e. The number of nitrogens with one attached hydrogen (secondary N) is 1. The fraction of sp³-hybridized carbons (Fsp3) is 0.409. The van der Waals surface area contributed by atoms with Gasteiger partial charge in [0.2, 0.25) is 0 Å². The highest BCUT2D eigenvalue weighted by atomic mass is 35.5. The van der Waals surface area contributed by atoms with Crippen molar-refractivity contribution in [2.75, 3.05) is 12.4 Å². The number of benzene rings is 2. The number of fused-ring (bicyclic) bond motifs is 7. The van der Waals surface area contributed by atoms with Crippen LogP contribution in [0.25, 0.3) is 0 Å². The Kier molecular flexibility index (Phi) is 4.14. The molecule has 5 heteroatoms. The molecule has 2 saturated carbocycles. The second-order valence-corrected chi connectivity index (χ2v) is 8.84. The van der Waals surface area contributed by atoms with Crippen LogP contribution in [0.5, 0.6) is 0 Å². The number of esters is 1. The number of anilines is 1. The first-order chi connectivity index (χ1) is 13.1. The molecular weight excluding hydrogens is 381 g/mol. The van der Waals surface area contributed by atoms with Crippen molar-refractivity contribution in [2.24, 2.45) is 17.8 Å². The van der Waals surface area contributed by atoms with Gasteiger partial charge in [0.25, 0.3) is 0 Å². The van der Waals surface area contributed by atoms with E-state index in [1.54, 1.807) is 0 Å². The smallest absolute Gasteiger partial charge is 0.337 e. The van der Waals surface area contributed by atoms with Crippen LogP contribution < -0.4 is 5.32 Å². The van der Waals surface area contributed by atoms with E-state index < -0.39 is 0 Å². The highest BCUT2D eigenvalue weighted by Gasteiger charge is 2.53. The average Bonchev–Trinajstić information content (AvgIpc) is 3.31. The van der Waals surface area contributed by atoms with Crippen LogP contribution in [-0.4, -0.2) is 13.1 Å². The number of ether oxygens (including phenoxy) is 1. The Bertz CT molecular complexity index is 929. The molecule has 2 fully saturated rings.